The molecular weight excluding hydrogens is 264 g/mol. The standard InChI is InChI=1S/C11H14N6OS/c1-3-17-8(4-6(2)16-17)11(18)14-10-7(9(12)19)5-13-15-10/h4-5H,3H2,1-2H3,(H2,12,19)(H2,13,14,15,18). The van der Waals surface area contributed by atoms with E-state index in [-0.39, 0.29) is 10.9 Å². The zero-order valence-corrected chi connectivity index (χ0v) is 11.4. The second-order valence-corrected chi connectivity index (χ2v) is 4.40. The largest absolute Gasteiger partial charge is 0.389 e. The van der Waals surface area contributed by atoms with Crippen LogP contribution in [0.4, 0.5) is 5.82 Å². The molecule has 0 aliphatic rings. The number of thiocarbonyl (C=S) groups is 1. The SMILES string of the molecule is CCn1nc(C)cc1C(=O)Nc1[nH]ncc1C(N)=S. The van der Waals surface area contributed by atoms with Crippen molar-refractivity contribution >= 4 is 28.9 Å². The maximum absolute atomic E-state index is 12.2. The van der Waals surface area contributed by atoms with E-state index in [1.807, 2.05) is 13.8 Å². The monoisotopic (exact) mass is 278 g/mol. The van der Waals surface area contributed by atoms with Crippen molar-refractivity contribution in [2.75, 3.05) is 5.32 Å². The summed E-state index contributed by atoms with van der Waals surface area (Å²) < 4.78 is 1.63. The van der Waals surface area contributed by atoms with Gasteiger partial charge in [0.1, 0.15) is 16.5 Å². The number of anilines is 1. The summed E-state index contributed by atoms with van der Waals surface area (Å²) in [5.74, 6) is 0.100. The molecule has 2 aromatic heterocycles. The Morgan fingerprint density at radius 1 is 1.63 bits per heavy atom. The van der Waals surface area contributed by atoms with Gasteiger partial charge in [0, 0.05) is 6.54 Å². The number of carbonyl (C=O) groups excluding carboxylic acids is 1. The van der Waals surface area contributed by atoms with Crippen LogP contribution in [0.15, 0.2) is 12.3 Å². The Hall–Kier alpha value is -2.22. The second kappa shape index (κ2) is 5.19. The number of carbonyl (C=O) groups is 1. The summed E-state index contributed by atoms with van der Waals surface area (Å²) in [5.41, 5.74) is 7.30. The number of nitrogens with one attached hydrogen (secondary N) is 2. The van der Waals surface area contributed by atoms with Gasteiger partial charge < -0.3 is 11.1 Å². The summed E-state index contributed by atoms with van der Waals surface area (Å²) in [6.07, 6.45) is 1.47. The van der Waals surface area contributed by atoms with Crippen LogP contribution in [0.5, 0.6) is 0 Å². The van der Waals surface area contributed by atoms with E-state index < -0.39 is 0 Å². The van der Waals surface area contributed by atoms with Crippen molar-refractivity contribution in [3.8, 4) is 0 Å². The molecule has 8 heteroatoms. The molecule has 0 aromatic carbocycles. The number of nitrogens with two attached hydrogens (primary N) is 1. The molecule has 0 bridgehead atoms. The lowest BCUT2D eigenvalue weighted by atomic mass is 10.3. The Morgan fingerprint density at radius 3 is 3.00 bits per heavy atom. The van der Waals surface area contributed by atoms with Crippen LogP contribution in [-0.2, 0) is 6.54 Å². The number of amides is 1. The molecule has 0 spiro atoms. The van der Waals surface area contributed by atoms with Gasteiger partial charge in [0.15, 0.2) is 0 Å². The van der Waals surface area contributed by atoms with Crippen LogP contribution >= 0.6 is 12.2 Å². The van der Waals surface area contributed by atoms with E-state index in [9.17, 15) is 4.79 Å². The molecule has 4 N–H and O–H groups in total. The molecule has 19 heavy (non-hydrogen) atoms. The number of aromatic amines is 1. The molecule has 0 saturated carbocycles. The third-order valence-electron chi connectivity index (χ3n) is 2.58. The predicted molar refractivity (Wildman–Crippen MR) is 75.1 cm³/mol. The molecular formula is C11H14N6OS. The van der Waals surface area contributed by atoms with Crippen LogP contribution in [0, 0.1) is 6.92 Å². The molecule has 2 rings (SSSR count). The summed E-state index contributed by atoms with van der Waals surface area (Å²) in [6, 6.07) is 1.72. The average Bonchev–Trinajstić information content (AvgIpc) is 2.95. The molecule has 100 valence electrons. The molecule has 0 atom stereocenters. The number of aromatic nitrogens is 4. The Balaban J connectivity index is 2.25. The van der Waals surface area contributed by atoms with Crippen LogP contribution in [0.2, 0.25) is 0 Å². The van der Waals surface area contributed by atoms with Crippen LogP contribution in [0.3, 0.4) is 0 Å². The molecule has 2 heterocycles. The lowest BCUT2D eigenvalue weighted by Gasteiger charge is -2.06. The molecule has 0 saturated heterocycles. The molecule has 0 radical (unpaired) electrons. The number of nitrogens with zero attached hydrogens (tertiary/aromatic N) is 3. The Bertz CT molecular complexity index is 629. The topological polar surface area (TPSA) is 102 Å². The number of rotatable bonds is 4. The number of hydrogen-bond acceptors (Lipinski definition) is 4. The lowest BCUT2D eigenvalue weighted by Crippen LogP contribution is -2.20. The van der Waals surface area contributed by atoms with Gasteiger partial charge in [-0.25, -0.2) is 0 Å². The zero-order chi connectivity index (χ0) is 14.0. The maximum Gasteiger partial charge on any atom is 0.275 e. The fourth-order valence-corrected chi connectivity index (χ4v) is 1.87. The highest BCUT2D eigenvalue weighted by molar-refractivity contribution is 7.80. The van der Waals surface area contributed by atoms with Gasteiger partial charge in [0.25, 0.3) is 5.91 Å². The van der Waals surface area contributed by atoms with E-state index in [1.165, 1.54) is 6.20 Å². The third-order valence-corrected chi connectivity index (χ3v) is 2.80. The second-order valence-electron chi connectivity index (χ2n) is 3.96. The highest BCUT2D eigenvalue weighted by atomic mass is 32.1. The molecule has 7 nitrogen and oxygen atoms in total. The summed E-state index contributed by atoms with van der Waals surface area (Å²) >= 11 is 4.87. The first-order chi connectivity index (χ1) is 9.02. The van der Waals surface area contributed by atoms with Crippen LogP contribution in [-0.4, -0.2) is 30.9 Å². The minimum absolute atomic E-state index is 0.171. The van der Waals surface area contributed by atoms with Crippen molar-refractivity contribution in [3.63, 3.8) is 0 Å². The fourth-order valence-electron chi connectivity index (χ4n) is 1.72. The van der Waals surface area contributed by atoms with Crippen molar-refractivity contribution in [2.24, 2.45) is 5.73 Å². The van der Waals surface area contributed by atoms with Gasteiger partial charge in [-0.15, -0.1) is 0 Å². The summed E-state index contributed by atoms with van der Waals surface area (Å²) in [5, 5.41) is 13.4. The average molecular weight is 278 g/mol. The number of aryl methyl sites for hydroxylation is 2. The van der Waals surface area contributed by atoms with Gasteiger partial charge in [-0.3, -0.25) is 14.6 Å². The predicted octanol–water partition coefficient (Wildman–Crippen LogP) is 0.821. The normalized spacial score (nSPS) is 10.4. The maximum atomic E-state index is 12.2. The summed E-state index contributed by atoms with van der Waals surface area (Å²) in [7, 11) is 0. The smallest absolute Gasteiger partial charge is 0.275 e. The van der Waals surface area contributed by atoms with Crippen LogP contribution in [0.1, 0.15) is 28.7 Å². The first-order valence-corrected chi connectivity index (χ1v) is 6.12. The Morgan fingerprint density at radius 2 is 2.37 bits per heavy atom. The van der Waals surface area contributed by atoms with Crippen molar-refractivity contribution in [1.29, 1.82) is 0 Å². The van der Waals surface area contributed by atoms with E-state index in [0.29, 0.717) is 23.6 Å². The van der Waals surface area contributed by atoms with Gasteiger partial charge in [-0.1, -0.05) is 12.2 Å². The highest BCUT2D eigenvalue weighted by Gasteiger charge is 2.16. The third kappa shape index (κ3) is 2.63. The molecule has 0 fully saturated rings. The molecule has 1 amide bonds. The van der Waals surface area contributed by atoms with Gasteiger partial charge in [0.05, 0.1) is 17.5 Å². The highest BCUT2D eigenvalue weighted by Crippen LogP contribution is 2.13. The Kier molecular flexibility index (Phi) is 3.61. The van der Waals surface area contributed by atoms with Gasteiger partial charge in [0.2, 0.25) is 0 Å². The zero-order valence-electron chi connectivity index (χ0n) is 10.6. The minimum atomic E-state index is -0.288. The van der Waals surface area contributed by atoms with Gasteiger partial charge in [-0.2, -0.15) is 10.2 Å². The van der Waals surface area contributed by atoms with E-state index >= 15 is 0 Å². The Labute approximate surface area is 115 Å². The van der Waals surface area contributed by atoms with E-state index in [4.69, 9.17) is 18.0 Å². The first kappa shape index (κ1) is 13.2. The number of hydrogen-bond donors (Lipinski definition) is 3. The van der Waals surface area contributed by atoms with Gasteiger partial charge in [-0.05, 0) is 19.9 Å². The fraction of sp³-hybridized carbons (Fsp3) is 0.273. The van der Waals surface area contributed by atoms with E-state index in [0.717, 1.165) is 5.69 Å². The van der Waals surface area contributed by atoms with Crippen molar-refractivity contribution in [1.82, 2.24) is 20.0 Å². The number of H-pyrrole nitrogens is 1. The van der Waals surface area contributed by atoms with E-state index in [1.54, 1.807) is 10.7 Å². The lowest BCUT2D eigenvalue weighted by molar-refractivity contribution is 0.101. The minimum Gasteiger partial charge on any atom is -0.389 e. The first-order valence-electron chi connectivity index (χ1n) is 5.72. The van der Waals surface area contributed by atoms with Crippen molar-refractivity contribution in [3.05, 3.63) is 29.2 Å². The van der Waals surface area contributed by atoms with Crippen LogP contribution < -0.4 is 11.1 Å². The van der Waals surface area contributed by atoms with Gasteiger partial charge >= 0.3 is 0 Å². The van der Waals surface area contributed by atoms with Crippen LogP contribution in [0.25, 0.3) is 0 Å². The van der Waals surface area contributed by atoms with E-state index in [2.05, 4.69) is 20.6 Å². The van der Waals surface area contributed by atoms with Crippen molar-refractivity contribution < 1.29 is 4.79 Å². The molecule has 0 aliphatic heterocycles. The summed E-state index contributed by atoms with van der Waals surface area (Å²) in [6.45, 7) is 4.36. The quantitative estimate of drug-likeness (QED) is 0.719. The molecule has 0 aliphatic carbocycles. The molecule has 0 unspecified atom stereocenters. The summed E-state index contributed by atoms with van der Waals surface area (Å²) in [4.78, 5) is 12.3. The molecule has 2 aromatic rings. The van der Waals surface area contributed by atoms with Crippen molar-refractivity contribution in [2.45, 2.75) is 20.4 Å².